The van der Waals surface area contributed by atoms with Crippen LogP contribution in [0.1, 0.15) is 49.7 Å². The number of aliphatic hydroxyl groups is 1. The van der Waals surface area contributed by atoms with Crippen molar-refractivity contribution in [1.82, 2.24) is 0 Å². The Hall–Kier alpha value is -0.910. The van der Waals surface area contributed by atoms with Gasteiger partial charge in [-0.2, -0.15) is 0 Å². The van der Waals surface area contributed by atoms with Crippen molar-refractivity contribution in [2.75, 3.05) is 0 Å². The standard InChI is InChI=1S/C14H21NO3S/c1-10-3-4-12(13(9-10)19(15,17)18)11-5-7-14(2,16)8-6-11/h3-4,9,11,16H,5-8H2,1-2H3,(H2,15,17,18). The van der Waals surface area contributed by atoms with E-state index in [2.05, 4.69) is 0 Å². The largest absolute Gasteiger partial charge is 0.390 e. The average molecular weight is 283 g/mol. The third-order valence-corrected chi connectivity index (χ3v) is 4.94. The molecule has 3 N–H and O–H groups in total. The minimum Gasteiger partial charge on any atom is -0.390 e. The van der Waals surface area contributed by atoms with Gasteiger partial charge in [0, 0.05) is 0 Å². The first-order valence-corrected chi connectivity index (χ1v) is 8.09. The van der Waals surface area contributed by atoms with E-state index in [1.165, 1.54) is 0 Å². The third kappa shape index (κ3) is 3.35. The highest BCUT2D eigenvalue weighted by Gasteiger charge is 2.31. The molecule has 0 amide bonds. The van der Waals surface area contributed by atoms with Gasteiger partial charge in [-0.05, 0) is 62.6 Å². The minimum atomic E-state index is -3.70. The van der Waals surface area contributed by atoms with Gasteiger partial charge in [0.25, 0.3) is 0 Å². The third-order valence-electron chi connectivity index (χ3n) is 3.98. The fraction of sp³-hybridized carbons (Fsp3) is 0.571. The van der Waals surface area contributed by atoms with Gasteiger partial charge in [-0.3, -0.25) is 0 Å². The summed E-state index contributed by atoms with van der Waals surface area (Å²) in [4.78, 5) is 0.235. The first-order valence-electron chi connectivity index (χ1n) is 6.55. The van der Waals surface area contributed by atoms with Gasteiger partial charge in [0.05, 0.1) is 10.5 Å². The van der Waals surface area contributed by atoms with Crippen LogP contribution in [0.4, 0.5) is 0 Å². The van der Waals surface area contributed by atoms with Crippen LogP contribution in [0.3, 0.4) is 0 Å². The first kappa shape index (κ1) is 14.5. The summed E-state index contributed by atoms with van der Waals surface area (Å²) in [7, 11) is -3.70. The Morgan fingerprint density at radius 1 is 1.32 bits per heavy atom. The lowest BCUT2D eigenvalue weighted by Gasteiger charge is -2.33. The predicted octanol–water partition coefficient (Wildman–Crippen LogP) is 2.05. The molecular weight excluding hydrogens is 262 g/mol. The molecule has 0 bridgehead atoms. The molecule has 0 radical (unpaired) electrons. The highest BCUT2D eigenvalue weighted by molar-refractivity contribution is 7.89. The molecule has 1 aromatic rings. The Morgan fingerprint density at radius 3 is 2.42 bits per heavy atom. The van der Waals surface area contributed by atoms with Crippen molar-refractivity contribution < 1.29 is 13.5 Å². The summed E-state index contributed by atoms with van der Waals surface area (Å²) in [5.74, 6) is 0.161. The number of rotatable bonds is 2. The molecule has 1 saturated carbocycles. The zero-order valence-corrected chi connectivity index (χ0v) is 12.2. The topological polar surface area (TPSA) is 80.4 Å². The second-order valence-electron chi connectivity index (χ2n) is 5.86. The van der Waals surface area contributed by atoms with Crippen LogP contribution >= 0.6 is 0 Å². The lowest BCUT2D eigenvalue weighted by molar-refractivity contribution is 0.0169. The molecule has 0 unspecified atom stereocenters. The summed E-state index contributed by atoms with van der Waals surface area (Å²) < 4.78 is 23.4. The fourth-order valence-electron chi connectivity index (χ4n) is 2.78. The van der Waals surface area contributed by atoms with Gasteiger partial charge in [0.2, 0.25) is 10.0 Å². The lowest BCUT2D eigenvalue weighted by atomic mass is 9.77. The summed E-state index contributed by atoms with van der Waals surface area (Å²) in [6, 6.07) is 5.41. The van der Waals surface area contributed by atoms with E-state index in [0.29, 0.717) is 12.8 Å². The van der Waals surface area contributed by atoms with E-state index in [0.717, 1.165) is 24.0 Å². The fourth-order valence-corrected chi connectivity index (χ4v) is 3.69. The summed E-state index contributed by atoms with van der Waals surface area (Å²) in [5, 5.41) is 15.3. The maximum absolute atomic E-state index is 11.7. The molecule has 0 saturated heterocycles. The number of hydrogen-bond donors (Lipinski definition) is 2. The number of nitrogens with two attached hydrogens (primary N) is 1. The summed E-state index contributed by atoms with van der Waals surface area (Å²) in [6.07, 6.45) is 2.96. The Balaban J connectivity index is 2.36. The summed E-state index contributed by atoms with van der Waals surface area (Å²) >= 11 is 0. The Kier molecular flexibility index (Phi) is 3.73. The van der Waals surface area contributed by atoms with Crippen molar-refractivity contribution in [3.63, 3.8) is 0 Å². The highest BCUT2D eigenvalue weighted by Crippen LogP contribution is 2.39. The molecule has 1 aliphatic carbocycles. The van der Waals surface area contributed by atoms with Gasteiger partial charge in [0.1, 0.15) is 0 Å². The molecule has 1 aromatic carbocycles. The molecular formula is C14H21NO3S. The van der Waals surface area contributed by atoms with E-state index in [1.807, 2.05) is 26.0 Å². The van der Waals surface area contributed by atoms with Crippen LogP contribution in [-0.2, 0) is 10.0 Å². The molecule has 1 aliphatic rings. The van der Waals surface area contributed by atoms with Crippen molar-refractivity contribution in [1.29, 1.82) is 0 Å². The molecule has 0 spiro atoms. The van der Waals surface area contributed by atoms with Gasteiger partial charge < -0.3 is 5.11 Å². The molecule has 19 heavy (non-hydrogen) atoms. The smallest absolute Gasteiger partial charge is 0.238 e. The van der Waals surface area contributed by atoms with E-state index in [1.54, 1.807) is 6.07 Å². The Labute approximate surface area is 114 Å². The van der Waals surface area contributed by atoms with Crippen LogP contribution < -0.4 is 5.14 Å². The molecule has 0 atom stereocenters. The maximum atomic E-state index is 11.7. The Morgan fingerprint density at radius 2 is 1.89 bits per heavy atom. The Bertz CT molecular complexity index is 568. The number of benzene rings is 1. The number of primary sulfonamides is 1. The van der Waals surface area contributed by atoms with E-state index in [9.17, 15) is 13.5 Å². The molecule has 0 heterocycles. The van der Waals surface area contributed by atoms with Crippen molar-refractivity contribution in [3.8, 4) is 0 Å². The van der Waals surface area contributed by atoms with Crippen molar-refractivity contribution in [2.24, 2.45) is 5.14 Å². The first-order chi connectivity index (χ1) is 8.69. The van der Waals surface area contributed by atoms with Gasteiger partial charge in [-0.15, -0.1) is 0 Å². The molecule has 4 nitrogen and oxygen atoms in total. The van der Waals surface area contributed by atoms with Gasteiger partial charge in [-0.25, -0.2) is 13.6 Å². The summed E-state index contributed by atoms with van der Waals surface area (Å²) in [5.41, 5.74) is 1.06. The zero-order chi connectivity index (χ0) is 14.3. The quantitative estimate of drug-likeness (QED) is 0.871. The lowest BCUT2D eigenvalue weighted by Crippen LogP contribution is -2.30. The van der Waals surface area contributed by atoms with Crippen LogP contribution in [0.5, 0.6) is 0 Å². The number of hydrogen-bond acceptors (Lipinski definition) is 3. The van der Waals surface area contributed by atoms with Crippen LogP contribution in [0.15, 0.2) is 23.1 Å². The van der Waals surface area contributed by atoms with Crippen molar-refractivity contribution in [2.45, 2.75) is 55.9 Å². The van der Waals surface area contributed by atoms with Crippen LogP contribution in [0.25, 0.3) is 0 Å². The highest BCUT2D eigenvalue weighted by atomic mass is 32.2. The molecule has 106 valence electrons. The monoisotopic (exact) mass is 283 g/mol. The SMILES string of the molecule is Cc1ccc(C2CCC(C)(O)CC2)c(S(N)(=O)=O)c1. The van der Waals surface area contributed by atoms with Crippen LogP contribution in [-0.4, -0.2) is 19.1 Å². The van der Waals surface area contributed by atoms with E-state index in [4.69, 9.17) is 5.14 Å². The van der Waals surface area contributed by atoms with Gasteiger partial charge in [0.15, 0.2) is 0 Å². The van der Waals surface area contributed by atoms with Crippen LogP contribution in [0.2, 0.25) is 0 Å². The number of sulfonamides is 1. The minimum absolute atomic E-state index is 0.161. The molecule has 0 aliphatic heterocycles. The molecule has 5 heteroatoms. The zero-order valence-electron chi connectivity index (χ0n) is 11.4. The molecule has 0 aromatic heterocycles. The molecule has 1 fully saturated rings. The second kappa shape index (κ2) is 4.89. The second-order valence-corrected chi connectivity index (χ2v) is 7.39. The predicted molar refractivity (Wildman–Crippen MR) is 74.4 cm³/mol. The van der Waals surface area contributed by atoms with Crippen molar-refractivity contribution >= 4 is 10.0 Å². The van der Waals surface area contributed by atoms with Gasteiger partial charge in [-0.1, -0.05) is 12.1 Å². The van der Waals surface area contributed by atoms with Gasteiger partial charge >= 0.3 is 0 Å². The van der Waals surface area contributed by atoms with Crippen LogP contribution in [0, 0.1) is 6.92 Å². The van der Waals surface area contributed by atoms with Crippen molar-refractivity contribution in [3.05, 3.63) is 29.3 Å². The normalized spacial score (nSPS) is 28.3. The maximum Gasteiger partial charge on any atom is 0.238 e. The number of aryl methyl sites for hydroxylation is 1. The van der Waals surface area contributed by atoms with E-state index in [-0.39, 0.29) is 10.8 Å². The average Bonchev–Trinajstić information content (AvgIpc) is 2.28. The summed E-state index contributed by atoms with van der Waals surface area (Å²) in [6.45, 7) is 3.68. The van der Waals surface area contributed by atoms with E-state index >= 15 is 0 Å². The van der Waals surface area contributed by atoms with E-state index < -0.39 is 15.6 Å². The molecule has 2 rings (SSSR count).